The molecule has 0 amide bonds. The standard InChI is InChI=1S/C14H19BrO4/c1-17-12-7-9(10(15)8-13(12)18-2)14(16)11-5-3-4-6-19-11/h7-8,11,14,16H,3-6H2,1-2H3. The summed E-state index contributed by atoms with van der Waals surface area (Å²) in [5, 5.41) is 10.5. The van der Waals surface area contributed by atoms with E-state index in [2.05, 4.69) is 15.9 Å². The van der Waals surface area contributed by atoms with Gasteiger partial charge in [-0.1, -0.05) is 15.9 Å². The van der Waals surface area contributed by atoms with Crippen LogP contribution in [0, 0.1) is 0 Å². The van der Waals surface area contributed by atoms with Crippen LogP contribution in [0.1, 0.15) is 30.9 Å². The first-order valence-corrected chi connectivity index (χ1v) is 7.17. The lowest BCUT2D eigenvalue weighted by molar-refractivity contribution is -0.0636. The summed E-state index contributed by atoms with van der Waals surface area (Å²) in [6.07, 6.45) is 2.22. The quantitative estimate of drug-likeness (QED) is 0.921. The van der Waals surface area contributed by atoms with Crippen molar-refractivity contribution < 1.29 is 19.3 Å². The molecule has 1 aromatic rings. The molecule has 0 bridgehead atoms. The number of hydrogen-bond donors (Lipinski definition) is 1. The van der Waals surface area contributed by atoms with Crippen molar-refractivity contribution in [2.75, 3.05) is 20.8 Å². The second-order valence-electron chi connectivity index (χ2n) is 4.58. The largest absolute Gasteiger partial charge is 0.493 e. The molecule has 2 unspecified atom stereocenters. The maximum atomic E-state index is 10.5. The zero-order valence-corrected chi connectivity index (χ0v) is 12.8. The lowest BCUT2D eigenvalue weighted by atomic mass is 9.98. The summed E-state index contributed by atoms with van der Waals surface area (Å²) >= 11 is 3.47. The van der Waals surface area contributed by atoms with E-state index in [4.69, 9.17) is 14.2 Å². The van der Waals surface area contributed by atoms with Crippen molar-refractivity contribution in [3.63, 3.8) is 0 Å². The highest BCUT2D eigenvalue weighted by molar-refractivity contribution is 9.10. The molecular weight excluding hydrogens is 312 g/mol. The van der Waals surface area contributed by atoms with Crippen LogP contribution in [-0.2, 0) is 4.74 Å². The number of ether oxygens (including phenoxy) is 3. The van der Waals surface area contributed by atoms with Crippen molar-refractivity contribution in [1.29, 1.82) is 0 Å². The number of hydrogen-bond acceptors (Lipinski definition) is 4. The van der Waals surface area contributed by atoms with Crippen molar-refractivity contribution in [3.8, 4) is 11.5 Å². The van der Waals surface area contributed by atoms with E-state index in [0.29, 0.717) is 18.1 Å². The van der Waals surface area contributed by atoms with Crippen LogP contribution in [0.15, 0.2) is 16.6 Å². The number of aliphatic hydroxyl groups is 1. The molecule has 0 aromatic heterocycles. The van der Waals surface area contributed by atoms with Gasteiger partial charge in [-0.15, -0.1) is 0 Å². The minimum atomic E-state index is -0.658. The van der Waals surface area contributed by atoms with Gasteiger partial charge in [0.2, 0.25) is 0 Å². The van der Waals surface area contributed by atoms with E-state index in [1.165, 1.54) is 0 Å². The van der Waals surface area contributed by atoms with Crippen LogP contribution >= 0.6 is 15.9 Å². The average molecular weight is 331 g/mol. The van der Waals surface area contributed by atoms with Gasteiger partial charge in [0.25, 0.3) is 0 Å². The molecule has 2 rings (SSSR count). The Morgan fingerprint density at radius 3 is 2.53 bits per heavy atom. The third kappa shape index (κ3) is 3.22. The maximum absolute atomic E-state index is 10.5. The van der Waals surface area contributed by atoms with Crippen molar-refractivity contribution in [1.82, 2.24) is 0 Å². The Morgan fingerprint density at radius 1 is 1.26 bits per heavy atom. The first-order valence-electron chi connectivity index (χ1n) is 6.38. The third-order valence-electron chi connectivity index (χ3n) is 3.39. The molecule has 1 saturated heterocycles. The smallest absolute Gasteiger partial charge is 0.161 e. The molecule has 4 nitrogen and oxygen atoms in total. The molecular formula is C14H19BrO4. The van der Waals surface area contributed by atoms with E-state index in [0.717, 1.165) is 29.3 Å². The molecule has 106 valence electrons. The molecule has 1 aliphatic rings. The molecule has 0 radical (unpaired) electrons. The molecule has 19 heavy (non-hydrogen) atoms. The summed E-state index contributed by atoms with van der Waals surface area (Å²) in [6, 6.07) is 3.60. The van der Waals surface area contributed by atoms with Gasteiger partial charge in [0.05, 0.1) is 20.3 Å². The fourth-order valence-electron chi connectivity index (χ4n) is 2.31. The van der Waals surface area contributed by atoms with Gasteiger partial charge in [-0.05, 0) is 31.4 Å². The Balaban J connectivity index is 2.27. The molecule has 2 atom stereocenters. The number of halogens is 1. The summed E-state index contributed by atoms with van der Waals surface area (Å²) in [7, 11) is 3.17. The van der Waals surface area contributed by atoms with Crippen LogP contribution < -0.4 is 9.47 Å². The molecule has 0 saturated carbocycles. The molecule has 1 aromatic carbocycles. The van der Waals surface area contributed by atoms with Crippen molar-refractivity contribution in [2.24, 2.45) is 0 Å². The van der Waals surface area contributed by atoms with Crippen molar-refractivity contribution in [2.45, 2.75) is 31.5 Å². The Morgan fingerprint density at radius 2 is 1.95 bits per heavy atom. The zero-order valence-electron chi connectivity index (χ0n) is 11.2. The lowest BCUT2D eigenvalue weighted by Crippen LogP contribution is -2.26. The Bertz CT molecular complexity index is 430. The van der Waals surface area contributed by atoms with E-state index < -0.39 is 6.10 Å². The lowest BCUT2D eigenvalue weighted by Gasteiger charge is -2.28. The fraction of sp³-hybridized carbons (Fsp3) is 0.571. The Labute approximate surface area is 121 Å². The van der Waals surface area contributed by atoms with Crippen LogP contribution in [0.5, 0.6) is 11.5 Å². The van der Waals surface area contributed by atoms with Gasteiger partial charge >= 0.3 is 0 Å². The molecule has 0 aliphatic carbocycles. The molecule has 1 N–H and O–H groups in total. The van der Waals surface area contributed by atoms with Gasteiger partial charge in [-0.2, -0.15) is 0 Å². The fourth-order valence-corrected chi connectivity index (χ4v) is 2.87. The minimum Gasteiger partial charge on any atom is -0.493 e. The van der Waals surface area contributed by atoms with E-state index in [-0.39, 0.29) is 6.10 Å². The predicted molar refractivity (Wildman–Crippen MR) is 75.8 cm³/mol. The maximum Gasteiger partial charge on any atom is 0.161 e. The number of aliphatic hydroxyl groups excluding tert-OH is 1. The summed E-state index contributed by atoms with van der Waals surface area (Å²) in [4.78, 5) is 0. The Hall–Kier alpha value is -0.780. The number of rotatable bonds is 4. The topological polar surface area (TPSA) is 47.9 Å². The number of methoxy groups -OCH3 is 2. The van der Waals surface area contributed by atoms with Gasteiger partial charge in [0.1, 0.15) is 6.10 Å². The average Bonchev–Trinajstić information content (AvgIpc) is 2.47. The summed E-state index contributed by atoms with van der Waals surface area (Å²) in [6.45, 7) is 0.715. The minimum absolute atomic E-state index is 0.150. The van der Waals surface area contributed by atoms with Crippen LogP contribution in [0.2, 0.25) is 0 Å². The Kier molecular flexibility index (Phi) is 5.07. The number of benzene rings is 1. The SMILES string of the molecule is COc1cc(Br)c(C(O)C2CCCCO2)cc1OC. The van der Waals surface area contributed by atoms with Gasteiger partial charge < -0.3 is 19.3 Å². The molecule has 1 aliphatic heterocycles. The zero-order chi connectivity index (χ0) is 13.8. The van der Waals surface area contributed by atoms with Gasteiger partial charge in [0.15, 0.2) is 11.5 Å². The summed E-state index contributed by atoms with van der Waals surface area (Å²) in [5.41, 5.74) is 0.768. The first-order chi connectivity index (χ1) is 9.17. The van der Waals surface area contributed by atoms with E-state index in [1.807, 2.05) is 0 Å². The van der Waals surface area contributed by atoms with E-state index in [9.17, 15) is 5.11 Å². The van der Waals surface area contributed by atoms with Crippen molar-refractivity contribution >= 4 is 15.9 Å². The second-order valence-corrected chi connectivity index (χ2v) is 5.43. The summed E-state index contributed by atoms with van der Waals surface area (Å²) < 4.78 is 16.9. The monoisotopic (exact) mass is 330 g/mol. The second kappa shape index (κ2) is 6.59. The highest BCUT2D eigenvalue weighted by atomic mass is 79.9. The van der Waals surface area contributed by atoms with Gasteiger partial charge in [-0.3, -0.25) is 0 Å². The van der Waals surface area contributed by atoms with Crippen LogP contribution in [0.25, 0.3) is 0 Å². The highest BCUT2D eigenvalue weighted by Gasteiger charge is 2.26. The van der Waals surface area contributed by atoms with Crippen molar-refractivity contribution in [3.05, 3.63) is 22.2 Å². The molecule has 0 spiro atoms. The molecule has 5 heteroatoms. The predicted octanol–water partition coefficient (Wildman–Crippen LogP) is 3.07. The van der Waals surface area contributed by atoms with Gasteiger partial charge in [-0.25, -0.2) is 0 Å². The normalized spacial score (nSPS) is 20.9. The van der Waals surface area contributed by atoms with E-state index in [1.54, 1.807) is 26.4 Å². The van der Waals surface area contributed by atoms with Crippen LogP contribution in [0.4, 0.5) is 0 Å². The van der Waals surface area contributed by atoms with Crippen LogP contribution in [0.3, 0.4) is 0 Å². The summed E-state index contributed by atoms with van der Waals surface area (Å²) in [5.74, 6) is 1.24. The molecule has 1 fully saturated rings. The first kappa shape index (κ1) is 14.6. The van der Waals surface area contributed by atoms with E-state index >= 15 is 0 Å². The third-order valence-corrected chi connectivity index (χ3v) is 4.08. The highest BCUT2D eigenvalue weighted by Crippen LogP contribution is 2.38. The van der Waals surface area contributed by atoms with Crippen LogP contribution in [-0.4, -0.2) is 32.0 Å². The molecule has 1 heterocycles. The van der Waals surface area contributed by atoms with Gasteiger partial charge in [0, 0.05) is 16.6 Å².